The van der Waals surface area contributed by atoms with Crippen LogP contribution in [0.4, 0.5) is 0 Å². The van der Waals surface area contributed by atoms with Crippen LogP contribution in [0.1, 0.15) is 91.9 Å². The number of fused-ring (bicyclic) bond motifs is 5. The minimum atomic E-state index is -0.0955. The van der Waals surface area contributed by atoms with Crippen molar-refractivity contribution in [1.29, 1.82) is 0 Å². The molecule has 0 aromatic carbocycles. The van der Waals surface area contributed by atoms with Crippen LogP contribution in [-0.2, 0) is 4.52 Å². The lowest BCUT2D eigenvalue weighted by Crippen LogP contribution is -2.58. The maximum Gasteiger partial charge on any atom is 0.0614 e. The van der Waals surface area contributed by atoms with Gasteiger partial charge >= 0.3 is 0 Å². The predicted molar refractivity (Wildman–Crippen MR) is 115 cm³/mol. The molecule has 0 aliphatic heterocycles. The van der Waals surface area contributed by atoms with E-state index >= 15 is 0 Å². The zero-order valence-electron chi connectivity index (χ0n) is 18.1. The molecule has 0 aromatic rings. The van der Waals surface area contributed by atoms with Gasteiger partial charge in [-0.1, -0.05) is 40.5 Å². The molecular formula is C24H43O2P. The third kappa shape index (κ3) is 3.07. The van der Waals surface area contributed by atoms with E-state index in [-0.39, 0.29) is 11.5 Å². The van der Waals surface area contributed by atoms with Crippen LogP contribution in [0.5, 0.6) is 0 Å². The summed E-state index contributed by atoms with van der Waals surface area (Å²) in [6.07, 6.45) is 13.2. The molecule has 27 heavy (non-hydrogen) atoms. The summed E-state index contributed by atoms with van der Waals surface area (Å²) in [5.41, 5.74) is 0.595. The molecule has 3 heteroatoms. The molecular weight excluding hydrogens is 351 g/mol. The molecule has 0 amide bonds. The highest BCUT2D eigenvalue weighted by Crippen LogP contribution is 2.68. The standard InChI is InChI=1S/C24H43O2P/c1-5-6-15(2)19-9-10-20-18-8-7-16-13-17(26-27)11-12-23(16,3)21(18)14-22(25)24(19,20)4/h15-22,25H,5-14,27H2,1-4H3/t15-,16-,17-,18+,19?,20+,21+,22+,23+,24-/m1/s1. The number of aliphatic hydroxyl groups is 1. The van der Waals surface area contributed by atoms with E-state index in [2.05, 4.69) is 37.2 Å². The molecule has 0 saturated heterocycles. The van der Waals surface area contributed by atoms with Crippen molar-refractivity contribution in [2.75, 3.05) is 0 Å². The summed E-state index contributed by atoms with van der Waals surface area (Å²) in [5.74, 6) is 4.62. The molecule has 0 spiro atoms. The Morgan fingerprint density at radius 3 is 2.56 bits per heavy atom. The molecule has 1 N–H and O–H groups in total. The van der Waals surface area contributed by atoms with Crippen LogP contribution in [0.2, 0.25) is 0 Å². The lowest BCUT2D eigenvalue weighted by Gasteiger charge is -2.62. The third-order valence-corrected chi connectivity index (χ3v) is 10.8. The van der Waals surface area contributed by atoms with Crippen molar-refractivity contribution in [2.24, 2.45) is 46.3 Å². The van der Waals surface area contributed by atoms with Gasteiger partial charge in [0.15, 0.2) is 0 Å². The highest BCUT2D eigenvalue weighted by atomic mass is 31.0. The van der Waals surface area contributed by atoms with Crippen LogP contribution in [0.3, 0.4) is 0 Å². The fourth-order valence-electron chi connectivity index (χ4n) is 8.92. The Morgan fingerprint density at radius 1 is 1.07 bits per heavy atom. The monoisotopic (exact) mass is 394 g/mol. The maximum absolute atomic E-state index is 11.5. The van der Waals surface area contributed by atoms with Gasteiger partial charge in [-0.05, 0) is 97.7 Å². The van der Waals surface area contributed by atoms with Gasteiger partial charge in [0.05, 0.1) is 12.2 Å². The van der Waals surface area contributed by atoms with Crippen molar-refractivity contribution >= 4 is 9.47 Å². The average molecular weight is 395 g/mol. The van der Waals surface area contributed by atoms with Crippen LogP contribution >= 0.6 is 9.47 Å². The van der Waals surface area contributed by atoms with E-state index in [4.69, 9.17) is 4.52 Å². The Balaban J connectivity index is 1.59. The fourth-order valence-corrected chi connectivity index (χ4v) is 9.17. The molecule has 156 valence electrons. The van der Waals surface area contributed by atoms with E-state index < -0.39 is 0 Å². The summed E-state index contributed by atoms with van der Waals surface area (Å²) in [7, 11) is 2.50. The van der Waals surface area contributed by atoms with Crippen LogP contribution in [0.25, 0.3) is 0 Å². The van der Waals surface area contributed by atoms with Crippen molar-refractivity contribution in [2.45, 2.75) is 104 Å². The smallest absolute Gasteiger partial charge is 0.0614 e. The van der Waals surface area contributed by atoms with Crippen LogP contribution in [0.15, 0.2) is 0 Å². The molecule has 2 unspecified atom stereocenters. The molecule has 0 radical (unpaired) electrons. The van der Waals surface area contributed by atoms with Gasteiger partial charge in [0.2, 0.25) is 0 Å². The number of aliphatic hydroxyl groups excluding tert-OH is 1. The molecule has 0 aromatic heterocycles. The van der Waals surface area contributed by atoms with E-state index in [0.717, 1.165) is 41.9 Å². The Hall–Kier alpha value is 0.350. The summed E-state index contributed by atoms with van der Waals surface area (Å²) in [6, 6.07) is 0. The van der Waals surface area contributed by atoms with Crippen molar-refractivity contribution < 1.29 is 9.63 Å². The number of rotatable bonds is 4. The minimum absolute atomic E-state index is 0.0955. The quantitative estimate of drug-likeness (QED) is 0.573. The topological polar surface area (TPSA) is 29.5 Å². The van der Waals surface area contributed by atoms with Gasteiger partial charge in [-0.3, -0.25) is 0 Å². The Labute approximate surface area is 169 Å². The summed E-state index contributed by atoms with van der Waals surface area (Å²) < 4.78 is 5.66. The van der Waals surface area contributed by atoms with Crippen LogP contribution in [-0.4, -0.2) is 17.3 Å². The fraction of sp³-hybridized carbons (Fsp3) is 1.00. The molecule has 4 rings (SSSR count). The van der Waals surface area contributed by atoms with Gasteiger partial charge in [0, 0.05) is 9.47 Å². The normalized spacial score (nSPS) is 53.3. The molecule has 4 aliphatic carbocycles. The molecule has 4 fully saturated rings. The summed E-state index contributed by atoms with van der Waals surface area (Å²) in [6.45, 7) is 9.84. The Bertz CT molecular complexity index is 538. The van der Waals surface area contributed by atoms with Gasteiger partial charge in [-0.2, -0.15) is 0 Å². The number of hydrogen-bond acceptors (Lipinski definition) is 2. The van der Waals surface area contributed by atoms with Gasteiger partial charge in [-0.15, -0.1) is 0 Å². The van der Waals surface area contributed by atoms with Gasteiger partial charge in [-0.25, -0.2) is 0 Å². The summed E-state index contributed by atoms with van der Waals surface area (Å²) >= 11 is 0. The molecule has 0 heterocycles. The SMILES string of the molecule is CCC[C@@H](C)C1CC[C@H]2[C@@H]3CC[C@@H]4C[C@H](OP)CC[C@]4(C)[C@H]3C[C@H](O)[C@]12C. The Morgan fingerprint density at radius 2 is 1.85 bits per heavy atom. The first-order chi connectivity index (χ1) is 12.9. The molecule has 4 aliphatic rings. The molecule has 4 saturated carbocycles. The molecule has 0 bridgehead atoms. The maximum atomic E-state index is 11.5. The highest BCUT2D eigenvalue weighted by molar-refractivity contribution is 7.09. The van der Waals surface area contributed by atoms with E-state index in [1.165, 1.54) is 57.8 Å². The Kier molecular flexibility index (Phi) is 5.77. The van der Waals surface area contributed by atoms with Crippen molar-refractivity contribution in [1.82, 2.24) is 0 Å². The largest absolute Gasteiger partial charge is 0.393 e. The zero-order chi connectivity index (χ0) is 19.4. The second-order valence-corrected chi connectivity index (χ2v) is 11.5. The first kappa shape index (κ1) is 20.6. The van der Waals surface area contributed by atoms with Crippen LogP contribution < -0.4 is 0 Å². The third-order valence-electron chi connectivity index (χ3n) is 10.4. The number of hydrogen-bond donors (Lipinski definition) is 1. The highest BCUT2D eigenvalue weighted by Gasteiger charge is 2.63. The van der Waals surface area contributed by atoms with Crippen molar-refractivity contribution in [3.05, 3.63) is 0 Å². The molecule has 2 nitrogen and oxygen atoms in total. The van der Waals surface area contributed by atoms with Crippen molar-refractivity contribution in [3.8, 4) is 0 Å². The predicted octanol–water partition coefficient (Wildman–Crippen LogP) is 6.23. The van der Waals surface area contributed by atoms with Gasteiger partial charge in [0.25, 0.3) is 0 Å². The van der Waals surface area contributed by atoms with Gasteiger partial charge in [0.1, 0.15) is 0 Å². The lowest BCUT2D eigenvalue weighted by atomic mass is 9.43. The first-order valence-electron chi connectivity index (χ1n) is 11.9. The first-order valence-corrected chi connectivity index (χ1v) is 12.4. The van der Waals surface area contributed by atoms with Gasteiger partial charge < -0.3 is 9.63 Å². The second kappa shape index (κ2) is 7.55. The lowest BCUT2D eigenvalue weighted by molar-refractivity contribution is -0.173. The summed E-state index contributed by atoms with van der Waals surface area (Å²) in [4.78, 5) is 0. The molecule has 11 atom stereocenters. The minimum Gasteiger partial charge on any atom is -0.393 e. The zero-order valence-corrected chi connectivity index (χ0v) is 19.3. The van der Waals surface area contributed by atoms with Crippen molar-refractivity contribution in [3.63, 3.8) is 0 Å². The summed E-state index contributed by atoms with van der Waals surface area (Å²) in [5, 5.41) is 11.5. The van der Waals surface area contributed by atoms with E-state index in [1.54, 1.807) is 0 Å². The average Bonchev–Trinajstić information content (AvgIpc) is 3.01. The van der Waals surface area contributed by atoms with E-state index in [9.17, 15) is 5.11 Å². The van der Waals surface area contributed by atoms with E-state index in [1.807, 2.05) is 0 Å². The van der Waals surface area contributed by atoms with Crippen LogP contribution in [0, 0.1) is 46.3 Å². The second-order valence-electron chi connectivity index (χ2n) is 11.3. The van der Waals surface area contributed by atoms with E-state index in [0.29, 0.717) is 11.5 Å².